The van der Waals surface area contributed by atoms with Gasteiger partial charge < -0.3 is 24.1 Å². The maximum absolute atomic E-state index is 14.2. The molecule has 2 aromatic carbocycles. The number of hydrogen-bond acceptors (Lipinski definition) is 10. The molecule has 5 aliphatic rings. The van der Waals surface area contributed by atoms with Crippen molar-refractivity contribution >= 4 is 52.5 Å². The number of anilines is 1. The van der Waals surface area contributed by atoms with Crippen molar-refractivity contribution in [1.29, 1.82) is 0 Å². The van der Waals surface area contributed by atoms with Gasteiger partial charge in [0.15, 0.2) is 18.1 Å². The van der Waals surface area contributed by atoms with Gasteiger partial charge in [-0.05, 0) is 99.2 Å². The molecule has 3 amide bonds. The normalized spacial score (nSPS) is 27.9. The number of fused-ring (bicyclic) bond motifs is 9. The number of likely N-dealkylation sites (tertiary alicyclic amines) is 1. The van der Waals surface area contributed by atoms with Crippen molar-refractivity contribution in [2.45, 2.75) is 55.7 Å². The van der Waals surface area contributed by atoms with E-state index in [1.807, 2.05) is 30.0 Å². The Morgan fingerprint density at radius 1 is 0.880 bits per heavy atom. The van der Waals surface area contributed by atoms with E-state index in [0.29, 0.717) is 29.4 Å². The van der Waals surface area contributed by atoms with E-state index in [4.69, 9.17) is 14.2 Å². The van der Waals surface area contributed by atoms with Crippen LogP contribution in [0.15, 0.2) is 52.3 Å². The molecule has 1 aromatic heterocycles. The Hall–Kier alpha value is -4.10. The quantitative estimate of drug-likeness (QED) is 0.238. The summed E-state index contributed by atoms with van der Waals surface area (Å²) >= 11 is 2.83. The zero-order valence-electron chi connectivity index (χ0n) is 27.9. The number of imide groups is 1. The van der Waals surface area contributed by atoms with Gasteiger partial charge in [-0.15, -0.1) is 11.8 Å². The molecule has 11 nitrogen and oxygen atoms in total. The van der Waals surface area contributed by atoms with E-state index in [9.17, 15) is 24.0 Å². The highest BCUT2D eigenvalue weighted by Crippen LogP contribution is 2.68. The number of benzene rings is 2. The van der Waals surface area contributed by atoms with Gasteiger partial charge in [-0.2, -0.15) is 0 Å². The number of ether oxygens (including phenoxy) is 3. The van der Waals surface area contributed by atoms with Crippen LogP contribution in [0.3, 0.4) is 0 Å². The molecule has 0 spiro atoms. The van der Waals surface area contributed by atoms with E-state index >= 15 is 0 Å². The van der Waals surface area contributed by atoms with Crippen molar-refractivity contribution in [3.8, 4) is 11.5 Å². The monoisotopic (exact) mass is 717 g/mol. The van der Waals surface area contributed by atoms with Gasteiger partial charge in [-0.3, -0.25) is 24.1 Å². The summed E-state index contributed by atoms with van der Waals surface area (Å²) in [5.41, 5.74) is 1.76. The second-order valence-corrected chi connectivity index (χ2v) is 15.8. The molecule has 2 aliphatic carbocycles. The number of piperidine rings is 1. The molecule has 0 unspecified atom stereocenters. The highest BCUT2D eigenvalue weighted by molar-refractivity contribution is 8.00. The van der Waals surface area contributed by atoms with Gasteiger partial charge in [0.05, 0.1) is 41.3 Å². The van der Waals surface area contributed by atoms with Gasteiger partial charge in [-0.1, -0.05) is 17.4 Å². The van der Waals surface area contributed by atoms with Crippen molar-refractivity contribution in [1.82, 2.24) is 9.88 Å². The summed E-state index contributed by atoms with van der Waals surface area (Å²) < 4.78 is 17.2. The Morgan fingerprint density at radius 2 is 1.62 bits per heavy atom. The van der Waals surface area contributed by atoms with Crippen molar-refractivity contribution in [2.75, 3.05) is 37.8 Å². The summed E-state index contributed by atoms with van der Waals surface area (Å²) in [6.07, 6.45) is 3.91. The smallest absolute Gasteiger partial charge is 0.338 e. The number of hydrogen-bond donors (Lipinski definition) is 1. The van der Waals surface area contributed by atoms with Crippen LogP contribution >= 0.6 is 23.1 Å². The Labute approximate surface area is 297 Å². The number of aromatic amines is 1. The van der Waals surface area contributed by atoms with Crippen molar-refractivity contribution in [3.63, 3.8) is 0 Å². The van der Waals surface area contributed by atoms with Crippen LogP contribution < -0.4 is 19.2 Å². The number of carbonyl (C=O) groups excluding carboxylic acids is 4. The number of rotatable bonds is 9. The molecule has 50 heavy (non-hydrogen) atoms. The van der Waals surface area contributed by atoms with Crippen molar-refractivity contribution in [2.24, 2.45) is 29.6 Å². The molecule has 4 heterocycles. The molecule has 3 aromatic rings. The summed E-state index contributed by atoms with van der Waals surface area (Å²) in [4.78, 5) is 73.1. The highest BCUT2D eigenvalue weighted by Gasteiger charge is 2.69. The predicted molar refractivity (Wildman–Crippen MR) is 187 cm³/mol. The zero-order chi connectivity index (χ0) is 34.7. The third kappa shape index (κ3) is 5.44. The molecule has 4 fully saturated rings. The Balaban J connectivity index is 1.09. The number of nitrogens with one attached hydrogen (secondary N) is 1. The van der Waals surface area contributed by atoms with Crippen LogP contribution in [-0.2, 0) is 19.1 Å². The average molecular weight is 718 g/mol. The first kappa shape index (κ1) is 33.1. The van der Waals surface area contributed by atoms with Crippen molar-refractivity contribution < 1.29 is 33.4 Å². The van der Waals surface area contributed by atoms with Crippen LogP contribution in [0.5, 0.6) is 11.5 Å². The minimum absolute atomic E-state index is 0.00927. The van der Waals surface area contributed by atoms with E-state index in [2.05, 4.69) is 4.98 Å². The van der Waals surface area contributed by atoms with Crippen LogP contribution in [0, 0.1) is 29.6 Å². The van der Waals surface area contributed by atoms with Gasteiger partial charge in [0.1, 0.15) is 0 Å². The molecular formula is C37H39N3O8S2. The maximum atomic E-state index is 14.2. The first-order chi connectivity index (χ1) is 24.3. The lowest BCUT2D eigenvalue weighted by atomic mass is 9.68. The van der Waals surface area contributed by atoms with E-state index in [0.717, 1.165) is 54.2 Å². The fourth-order valence-electron chi connectivity index (χ4n) is 9.09. The number of thioether (sulfide) groups is 1. The third-order valence-corrected chi connectivity index (χ3v) is 13.6. The number of nitrogens with zero attached hydrogens (tertiary/aromatic N) is 2. The Morgan fingerprint density at radius 3 is 2.34 bits per heavy atom. The van der Waals surface area contributed by atoms with E-state index in [1.54, 1.807) is 43.0 Å². The van der Waals surface area contributed by atoms with Crippen LogP contribution in [0.1, 0.15) is 66.2 Å². The van der Waals surface area contributed by atoms with Crippen LogP contribution in [0.25, 0.3) is 0 Å². The number of carbonyl (C=O) groups is 4. The third-order valence-electron chi connectivity index (χ3n) is 11.0. The molecule has 0 radical (unpaired) electrons. The molecule has 2 saturated carbocycles. The molecule has 3 aliphatic heterocycles. The van der Waals surface area contributed by atoms with Crippen LogP contribution in [0.2, 0.25) is 0 Å². The number of thiazole rings is 1. The summed E-state index contributed by atoms with van der Waals surface area (Å²) in [6, 6.07) is 12.2. The first-order valence-electron chi connectivity index (χ1n) is 17.5. The first-order valence-corrected chi connectivity index (χ1v) is 19.2. The second kappa shape index (κ2) is 13.2. The maximum Gasteiger partial charge on any atom is 0.338 e. The number of esters is 1. The summed E-state index contributed by atoms with van der Waals surface area (Å²) in [5.74, 6) is -1.07. The van der Waals surface area contributed by atoms with Gasteiger partial charge in [0, 0.05) is 29.1 Å². The lowest BCUT2D eigenvalue weighted by Gasteiger charge is -2.43. The van der Waals surface area contributed by atoms with E-state index in [-0.39, 0.29) is 64.7 Å². The van der Waals surface area contributed by atoms with Gasteiger partial charge in [0.25, 0.3) is 5.91 Å². The summed E-state index contributed by atoms with van der Waals surface area (Å²) in [6.45, 7) is 5.72. The molecule has 7 atom stereocenters. The van der Waals surface area contributed by atoms with Gasteiger partial charge in [-0.25, -0.2) is 4.79 Å². The number of amides is 3. The van der Waals surface area contributed by atoms with E-state index < -0.39 is 17.8 Å². The molecule has 8 rings (SSSR count). The summed E-state index contributed by atoms with van der Waals surface area (Å²) in [5, 5.41) is 0.851. The van der Waals surface area contributed by atoms with Crippen LogP contribution in [0.4, 0.5) is 5.69 Å². The lowest BCUT2D eigenvalue weighted by molar-refractivity contribution is -0.134. The minimum Gasteiger partial charge on any atom is -0.490 e. The summed E-state index contributed by atoms with van der Waals surface area (Å²) in [7, 11) is 0. The Kier molecular flexibility index (Phi) is 8.74. The molecule has 2 saturated heterocycles. The molecule has 2 bridgehead atoms. The predicted octanol–water partition coefficient (Wildman–Crippen LogP) is 5.08. The fraction of sp³-hybridized carbons (Fsp3) is 0.486. The minimum atomic E-state index is -0.464. The number of aromatic nitrogens is 1. The average Bonchev–Trinajstić information content (AvgIpc) is 3.87. The standard InChI is InChI=1S/C37H39N3O8S2/c1-3-46-25-16-20(10-13-24(25)48-18-26(41)39-14-6-5-7-15-39)27-28-22-17-23(31(28)49-33-32(27)50-37(45)38-33)30-29(22)34(42)40(35(30)43)21-11-8-19(9-12-21)36(44)47-4-2/h8-13,16,22-23,27-31H,3-7,14-15,17-18H2,1-2H3,(H,38,45)/t22-,23-,27+,28-,29+,30+,31-/m1/s1. The van der Waals surface area contributed by atoms with Gasteiger partial charge in [0.2, 0.25) is 11.8 Å². The highest BCUT2D eigenvalue weighted by atomic mass is 32.2. The van der Waals surface area contributed by atoms with E-state index in [1.165, 1.54) is 16.2 Å². The fourth-order valence-corrected chi connectivity index (χ4v) is 12.0. The topological polar surface area (TPSA) is 135 Å². The molecule has 262 valence electrons. The SMILES string of the molecule is CCOC(=O)c1ccc(N2C(=O)[C@H]3[C@H]4C[C@@H]([C@@H]3C2=O)[C@@H]2[C@H](c3ccc(OCC(=O)N5CCCCC5)c(OCC)c3)c3sc(=O)[nH]c3S[C@H]42)cc1. The largest absolute Gasteiger partial charge is 0.490 e. The van der Waals surface area contributed by atoms with Gasteiger partial charge >= 0.3 is 10.8 Å². The Bertz CT molecular complexity index is 1900. The molecule has 1 N–H and O–H groups in total. The zero-order valence-corrected chi connectivity index (χ0v) is 29.6. The molecular weight excluding hydrogens is 679 g/mol. The lowest BCUT2D eigenvalue weighted by Crippen LogP contribution is -2.42. The van der Waals surface area contributed by atoms with Crippen LogP contribution in [-0.4, -0.2) is 71.7 Å². The van der Waals surface area contributed by atoms with Crippen molar-refractivity contribution in [3.05, 3.63) is 68.1 Å². The second-order valence-electron chi connectivity index (χ2n) is 13.6. The number of H-pyrrole nitrogens is 1. The molecule has 13 heteroatoms.